The van der Waals surface area contributed by atoms with Crippen LogP contribution in [-0.4, -0.2) is 140 Å². The lowest BCUT2D eigenvalue weighted by Gasteiger charge is -2.48. The summed E-state index contributed by atoms with van der Waals surface area (Å²) in [5.41, 5.74) is 24.3. The van der Waals surface area contributed by atoms with E-state index in [1.807, 2.05) is 0 Å². The Bertz CT molecular complexity index is 856. The lowest BCUT2D eigenvalue weighted by atomic mass is 9.84. The van der Waals surface area contributed by atoms with E-state index in [0.29, 0.717) is 5.75 Å². The quantitative estimate of drug-likeness (QED) is 0.0695. The second-order valence-corrected chi connectivity index (χ2v) is 14.7. The van der Waals surface area contributed by atoms with Crippen molar-refractivity contribution < 1.29 is 49.6 Å². The maximum atomic E-state index is 11.3. The van der Waals surface area contributed by atoms with Gasteiger partial charge in [0.05, 0.1) is 18.2 Å². The molecule has 1 saturated carbocycles. The second kappa shape index (κ2) is 21.2. The second-order valence-electron chi connectivity index (χ2n) is 13.6. The average molecular weight is 697 g/mol. The molecule has 0 radical (unpaired) electrons. The minimum absolute atomic E-state index is 0.135. The van der Waals surface area contributed by atoms with Crippen molar-refractivity contribution in [2.24, 2.45) is 22.9 Å². The minimum atomic E-state index is -1.64. The summed E-state index contributed by atoms with van der Waals surface area (Å²) >= 11 is 1.65. The van der Waals surface area contributed by atoms with Gasteiger partial charge in [0.25, 0.3) is 0 Å². The Labute approximate surface area is 284 Å². The molecule has 3 rings (SSSR count). The van der Waals surface area contributed by atoms with Crippen LogP contribution in [0.15, 0.2) is 0 Å². The fraction of sp³-hybridized carbons (Fsp3) is 1.00. The Morgan fingerprint density at radius 3 is 1.62 bits per heavy atom. The van der Waals surface area contributed by atoms with E-state index in [4.69, 9.17) is 41.9 Å². The Kier molecular flexibility index (Phi) is 18.6. The molecule has 15 heteroatoms. The van der Waals surface area contributed by atoms with Gasteiger partial charge in [0.2, 0.25) is 0 Å². The van der Waals surface area contributed by atoms with Gasteiger partial charge in [-0.3, -0.25) is 0 Å². The first-order valence-corrected chi connectivity index (χ1v) is 18.9. The molecule has 14 nitrogen and oxygen atoms in total. The van der Waals surface area contributed by atoms with Crippen molar-refractivity contribution in [3.05, 3.63) is 0 Å². The zero-order valence-electron chi connectivity index (χ0n) is 28.0. The highest BCUT2D eigenvalue weighted by Crippen LogP contribution is 2.32. The number of aliphatic hydroxyl groups is 6. The first kappa shape index (κ1) is 41.2. The van der Waals surface area contributed by atoms with Crippen molar-refractivity contribution in [2.75, 3.05) is 18.1 Å². The number of thioether (sulfide) groups is 1. The van der Waals surface area contributed by atoms with Crippen LogP contribution in [0.4, 0.5) is 0 Å². The van der Waals surface area contributed by atoms with E-state index in [2.05, 4.69) is 6.92 Å². The summed E-state index contributed by atoms with van der Waals surface area (Å²) in [6.07, 6.45) is 0.0881. The first-order chi connectivity index (χ1) is 22.5. The van der Waals surface area contributed by atoms with Crippen molar-refractivity contribution in [1.29, 1.82) is 0 Å². The Morgan fingerprint density at radius 1 is 0.596 bits per heavy atom. The molecule has 1 aliphatic carbocycles. The molecule has 2 saturated heterocycles. The molecular formula is C32H64N4O10S. The minimum Gasteiger partial charge on any atom is -0.389 e. The lowest BCUT2D eigenvalue weighted by Crippen LogP contribution is -2.68. The third-order valence-electron chi connectivity index (χ3n) is 9.73. The van der Waals surface area contributed by atoms with E-state index in [9.17, 15) is 30.6 Å². The molecule has 2 aliphatic heterocycles. The number of aliphatic hydroxyl groups excluding tert-OH is 6. The number of rotatable bonds is 20. The normalized spacial score (nSPS) is 41.3. The molecule has 2 heterocycles. The monoisotopic (exact) mass is 696 g/mol. The molecule has 14 N–H and O–H groups in total. The molecule has 0 unspecified atom stereocenters. The predicted octanol–water partition coefficient (Wildman–Crippen LogP) is -0.849. The maximum Gasteiger partial charge on any atom is 0.187 e. The van der Waals surface area contributed by atoms with Gasteiger partial charge in [-0.15, -0.1) is 0 Å². The van der Waals surface area contributed by atoms with Crippen molar-refractivity contribution in [3.63, 3.8) is 0 Å². The standard InChI is InChI=1S/C32H64N4O10S/c1-2-3-4-5-6-7-8-9-10-11-12-13-14-47-17-21-23(37)22(36)25(39)31(44-21)45-29-18(34)15-19(35)30(28(29)42)46-32-27(41)26(40)24(38)20(16-33)43-32/h18-32,37-42H,2-17,33-36H2,1H3/t18-,19+,20-,21-,22+,23-,24-,25-,26+,27-,28-,29+,30-,31-,32-/m1/s1. The van der Waals surface area contributed by atoms with Gasteiger partial charge in [-0.1, -0.05) is 77.6 Å². The zero-order valence-corrected chi connectivity index (χ0v) is 28.8. The van der Waals surface area contributed by atoms with Crippen LogP contribution < -0.4 is 22.9 Å². The van der Waals surface area contributed by atoms with Crippen LogP contribution in [0.2, 0.25) is 0 Å². The number of unbranched alkanes of at least 4 members (excludes halogenated alkanes) is 11. The number of nitrogens with two attached hydrogens (primary N) is 4. The fourth-order valence-corrected chi connectivity index (χ4v) is 7.71. The maximum absolute atomic E-state index is 11.3. The topological polar surface area (TPSA) is 262 Å². The van der Waals surface area contributed by atoms with Crippen LogP contribution in [0.25, 0.3) is 0 Å². The summed E-state index contributed by atoms with van der Waals surface area (Å²) in [4.78, 5) is 0. The van der Waals surface area contributed by atoms with Crippen LogP contribution in [0, 0.1) is 0 Å². The first-order valence-electron chi connectivity index (χ1n) is 17.8. The smallest absolute Gasteiger partial charge is 0.187 e. The van der Waals surface area contributed by atoms with Gasteiger partial charge >= 0.3 is 0 Å². The summed E-state index contributed by atoms with van der Waals surface area (Å²) in [6.45, 7) is 2.09. The SMILES string of the molecule is CCCCCCCCCCCCCCSC[C@H]1O[C@H](O[C@@H]2[C@@H](O)[C@H](O[C@H]3O[C@H](CN)[C@@H](O)[C@H](O)[C@H]3O)[C@@H](N)C[C@H]2N)[C@H](O)[C@@H](N)[C@@H]1O. The summed E-state index contributed by atoms with van der Waals surface area (Å²) < 4.78 is 23.4. The van der Waals surface area contributed by atoms with Crippen LogP contribution in [0.5, 0.6) is 0 Å². The summed E-state index contributed by atoms with van der Waals surface area (Å²) in [7, 11) is 0. The van der Waals surface area contributed by atoms with Crippen LogP contribution in [0.3, 0.4) is 0 Å². The number of hydrogen-bond acceptors (Lipinski definition) is 15. The highest BCUT2D eigenvalue weighted by molar-refractivity contribution is 7.99. The van der Waals surface area contributed by atoms with E-state index in [-0.39, 0.29) is 13.0 Å². The van der Waals surface area contributed by atoms with Gasteiger partial charge in [-0.25, -0.2) is 0 Å². The molecule has 47 heavy (non-hydrogen) atoms. The molecule has 0 aromatic carbocycles. The van der Waals surface area contributed by atoms with Crippen molar-refractivity contribution in [1.82, 2.24) is 0 Å². The van der Waals surface area contributed by atoms with Crippen molar-refractivity contribution in [2.45, 2.75) is 182 Å². The van der Waals surface area contributed by atoms with Crippen molar-refractivity contribution >= 4 is 11.8 Å². The molecule has 0 aromatic rings. The Balaban J connectivity index is 1.44. The van der Waals surface area contributed by atoms with Gasteiger partial charge in [0.1, 0.15) is 48.8 Å². The van der Waals surface area contributed by atoms with Gasteiger partial charge in [-0.2, -0.15) is 11.8 Å². The summed E-state index contributed by atoms with van der Waals surface area (Å²) in [5, 5.41) is 63.6. The van der Waals surface area contributed by atoms with Gasteiger partial charge in [-0.05, 0) is 18.6 Å². The molecule has 0 aromatic heterocycles. The molecule has 0 bridgehead atoms. The number of hydrogen-bond donors (Lipinski definition) is 10. The van der Waals surface area contributed by atoms with E-state index in [0.717, 1.165) is 18.6 Å². The summed E-state index contributed by atoms with van der Waals surface area (Å²) in [6, 6.07) is -2.63. The number of ether oxygens (including phenoxy) is 4. The van der Waals surface area contributed by atoms with E-state index < -0.39 is 91.7 Å². The molecule has 3 aliphatic rings. The van der Waals surface area contributed by atoms with Crippen LogP contribution >= 0.6 is 11.8 Å². The molecule has 0 amide bonds. The molecule has 278 valence electrons. The molecular weight excluding hydrogens is 632 g/mol. The largest absolute Gasteiger partial charge is 0.389 e. The molecule has 15 atom stereocenters. The van der Waals surface area contributed by atoms with Crippen molar-refractivity contribution in [3.8, 4) is 0 Å². The third-order valence-corrected chi connectivity index (χ3v) is 10.9. The highest BCUT2D eigenvalue weighted by Gasteiger charge is 2.51. The van der Waals surface area contributed by atoms with E-state index in [1.54, 1.807) is 11.8 Å². The van der Waals surface area contributed by atoms with Gasteiger partial charge < -0.3 is 72.5 Å². The lowest BCUT2D eigenvalue weighted by molar-refractivity contribution is -0.330. The third kappa shape index (κ3) is 11.9. The predicted molar refractivity (Wildman–Crippen MR) is 179 cm³/mol. The summed E-state index contributed by atoms with van der Waals surface area (Å²) in [5.74, 6) is 1.35. The Morgan fingerprint density at radius 2 is 1.09 bits per heavy atom. The average Bonchev–Trinajstić information content (AvgIpc) is 3.05. The molecule has 3 fully saturated rings. The Hall–Kier alpha value is -0.210. The molecule has 0 spiro atoms. The van der Waals surface area contributed by atoms with E-state index in [1.165, 1.54) is 64.2 Å². The van der Waals surface area contributed by atoms with Crippen LogP contribution in [-0.2, 0) is 18.9 Å². The van der Waals surface area contributed by atoms with E-state index >= 15 is 0 Å². The zero-order chi connectivity index (χ0) is 34.5. The highest BCUT2D eigenvalue weighted by atomic mass is 32.2. The fourth-order valence-electron chi connectivity index (χ4n) is 6.63. The van der Waals surface area contributed by atoms with Gasteiger partial charge in [0, 0.05) is 24.4 Å². The van der Waals surface area contributed by atoms with Gasteiger partial charge in [0.15, 0.2) is 12.6 Å². The van der Waals surface area contributed by atoms with Crippen LogP contribution in [0.1, 0.15) is 90.4 Å².